The minimum absolute atomic E-state index is 0.643. The first-order valence-corrected chi connectivity index (χ1v) is 8.25. The third-order valence-corrected chi connectivity index (χ3v) is 4.02. The van der Waals surface area contributed by atoms with Crippen molar-refractivity contribution in [2.75, 3.05) is 5.01 Å². The number of hydrogen-bond donors (Lipinski definition) is 1. The van der Waals surface area contributed by atoms with Crippen LogP contribution in [0.15, 0.2) is 92.1 Å². The van der Waals surface area contributed by atoms with Crippen molar-refractivity contribution in [1.29, 1.82) is 0 Å². The van der Waals surface area contributed by atoms with E-state index in [9.17, 15) is 0 Å². The molecule has 2 heterocycles. The lowest BCUT2D eigenvalue weighted by Crippen LogP contribution is -2.23. The maximum Gasteiger partial charge on any atom is 0.0740 e. The maximum atomic E-state index is 6.08. The van der Waals surface area contributed by atoms with Crippen LogP contribution < -0.4 is 10.9 Å². The van der Waals surface area contributed by atoms with Crippen LogP contribution in [0, 0.1) is 0 Å². The molecule has 0 aliphatic heterocycles. The number of aromatic nitrogens is 3. The Morgan fingerprint density at radius 3 is 2.62 bits per heavy atom. The second kappa shape index (κ2) is 7.82. The normalized spacial score (nSPS) is 10.8. The van der Waals surface area contributed by atoms with E-state index in [0.717, 1.165) is 28.2 Å². The Kier molecular flexibility index (Phi) is 5.31. The number of halogens is 1. The lowest BCUT2D eigenvalue weighted by Gasteiger charge is -2.14. The Balaban J connectivity index is 1.79. The van der Waals surface area contributed by atoms with Crippen LogP contribution in [0.1, 0.15) is 5.69 Å². The molecule has 0 amide bonds. The molecule has 0 saturated carbocycles. The van der Waals surface area contributed by atoms with Gasteiger partial charge in [0, 0.05) is 23.6 Å². The van der Waals surface area contributed by atoms with Gasteiger partial charge in [0.25, 0.3) is 0 Å². The van der Waals surface area contributed by atoms with Crippen LogP contribution in [0.25, 0.3) is 11.3 Å². The van der Waals surface area contributed by atoms with Gasteiger partial charge >= 0.3 is 0 Å². The highest BCUT2D eigenvalue weighted by Crippen LogP contribution is 2.24. The molecule has 3 aromatic rings. The minimum Gasteiger partial charge on any atom is -0.287 e. The van der Waals surface area contributed by atoms with Gasteiger partial charge in [-0.2, -0.15) is 5.10 Å². The van der Waals surface area contributed by atoms with Crippen LogP contribution >= 0.6 is 11.6 Å². The predicted octanol–water partition coefficient (Wildman–Crippen LogP) is 4.38. The van der Waals surface area contributed by atoms with E-state index >= 15 is 0 Å². The Bertz CT molecular complexity index is 959. The van der Waals surface area contributed by atoms with Gasteiger partial charge in [-0.3, -0.25) is 9.99 Å². The van der Waals surface area contributed by atoms with Crippen LogP contribution in [-0.4, -0.2) is 14.8 Å². The molecule has 0 atom stereocenters. The molecule has 0 fully saturated rings. The van der Waals surface area contributed by atoms with Crippen molar-refractivity contribution < 1.29 is 0 Å². The molecule has 5 nitrogen and oxygen atoms in total. The summed E-state index contributed by atoms with van der Waals surface area (Å²) in [6.45, 7) is 8.22. The first-order chi connectivity index (χ1) is 12.6. The van der Waals surface area contributed by atoms with Crippen LogP contribution in [0.5, 0.6) is 0 Å². The number of nitrogens with zero attached hydrogens (tertiary/aromatic N) is 4. The number of nitrogens with two attached hydrogens (primary N) is 1. The molecule has 1 aromatic carbocycles. The number of pyridine rings is 1. The molecule has 0 bridgehead atoms. The summed E-state index contributed by atoms with van der Waals surface area (Å²) in [5.41, 5.74) is 3.96. The Hall–Kier alpha value is -3.15. The first kappa shape index (κ1) is 17.7. The van der Waals surface area contributed by atoms with Gasteiger partial charge in [0.05, 0.1) is 23.3 Å². The van der Waals surface area contributed by atoms with Crippen LogP contribution in [-0.2, 0) is 0 Å². The largest absolute Gasteiger partial charge is 0.287 e. The standard InChI is InChI=1S/C20H18ClN5/c1-15(9-13-25(22)18-6-10-23-11-7-18)16(2)20-8-12-24-26(20)19-5-3-4-17(21)14-19/h3-14H,1-2,22H2/b13-9-. The zero-order valence-corrected chi connectivity index (χ0v) is 14.8. The fraction of sp³-hybridized carbons (Fsp3) is 0. The summed E-state index contributed by atoms with van der Waals surface area (Å²) in [7, 11) is 0. The zero-order valence-electron chi connectivity index (χ0n) is 14.1. The molecule has 2 N–H and O–H groups in total. The summed E-state index contributed by atoms with van der Waals surface area (Å²) in [5, 5.41) is 6.50. The highest BCUT2D eigenvalue weighted by Gasteiger charge is 2.10. The van der Waals surface area contributed by atoms with Crippen molar-refractivity contribution >= 4 is 22.9 Å². The van der Waals surface area contributed by atoms with Crippen molar-refractivity contribution in [2.45, 2.75) is 0 Å². The van der Waals surface area contributed by atoms with E-state index in [4.69, 9.17) is 17.4 Å². The van der Waals surface area contributed by atoms with Gasteiger partial charge in [0.2, 0.25) is 0 Å². The monoisotopic (exact) mass is 363 g/mol. The number of benzene rings is 1. The SMILES string of the molecule is C=C(/C=C\N(N)c1ccncc1)C(=C)c1ccnn1-c1cccc(Cl)c1. The van der Waals surface area contributed by atoms with Crippen molar-refractivity contribution in [3.63, 3.8) is 0 Å². The Morgan fingerprint density at radius 1 is 1.12 bits per heavy atom. The van der Waals surface area contributed by atoms with E-state index in [1.165, 1.54) is 5.01 Å². The summed E-state index contributed by atoms with van der Waals surface area (Å²) >= 11 is 6.08. The summed E-state index contributed by atoms with van der Waals surface area (Å²) in [6.07, 6.45) is 8.60. The molecule has 26 heavy (non-hydrogen) atoms. The lowest BCUT2D eigenvalue weighted by atomic mass is 10.1. The van der Waals surface area contributed by atoms with Crippen LogP contribution in [0.2, 0.25) is 5.02 Å². The van der Waals surface area contributed by atoms with E-state index in [1.807, 2.05) is 42.5 Å². The Labute approximate surface area is 157 Å². The molecule has 0 radical (unpaired) electrons. The summed E-state index contributed by atoms with van der Waals surface area (Å²) < 4.78 is 1.77. The number of anilines is 1. The molecule has 0 spiro atoms. The fourth-order valence-corrected chi connectivity index (χ4v) is 2.57. The van der Waals surface area contributed by atoms with Crippen LogP contribution in [0.3, 0.4) is 0 Å². The molecule has 0 unspecified atom stereocenters. The van der Waals surface area contributed by atoms with Gasteiger partial charge in [0.15, 0.2) is 0 Å². The molecule has 0 aliphatic carbocycles. The van der Waals surface area contributed by atoms with Crippen LogP contribution in [0.4, 0.5) is 5.69 Å². The molecule has 2 aromatic heterocycles. The lowest BCUT2D eigenvalue weighted by molar-refractivity contribution is 0.867. The molecule has 0 saturated heterocycles. The molecule has 6 heteroatoms. The zero-order chi connectivity index (χ0) is 18.5. The van der Waals surface area contributed by atoms with Gasteiger partial charge in [-0.1, -0.05) is 30.8 Å². The fourth-order valence-electron chi connectivity index (χ4n) is 2.38. The van der Waals surface area contributed by atoms with Gasteiger partial charge in [-0.05, 0) is 53.6 Å². The Morgan fingerprint density at radius 2 is 1.88 bits per heavy atom. The second-order valence-corrected chi connectivity index (χ2v) is 5.98. The van der Waals surface area contributed by atoms with E-state index in [1.54, 1.807) is 35.5 Å². The third-order valence-electron chi connectivity index (χ3n) is 3.79. The average molecular weight is 364 g/mol. The van der Waals surface area contributed by atoms with Gasteiger partial charge in [-0.15, -0.1) is 0 Å². The van der Waals surface area contributed by atoms with E-state index in [0.29, 0.717) is 5.02 Å². The van der Waals surface area contributed by atoms with Gasteiger partial charge in [-0.25, -0.2) is 10.5 Å². The smallest absolute Gasteiger partial charge is 0.0740 e. The molecule has 130 valence electrons. The summed E-state index contributed by atoms with van der Waals surface area (Å²) in [6, 6.07) is 13.0. The molecular formula is C20H18ClN5. The second-order valence-electron chi connectivity index (χ2n) is 5.54. The third kappa shape index (κ3) is 3.91. The van der Waals surface area contributed by atoms with Crippen molar-refractivity contribution in [3.05, 3.63) is 103 Å². The van der Waals surface area contributed by atoms with E-state index < -0.39 is 0 Å². The number of allylic oxidation sites excluding steroid dienone is 3. The van der Waals surface area contributed by atoms with E-state index in [2.05, 4.69) is 23.2 Å². The maximum absolute atomic E-state index is 6.08. The minimum atomic E-state index is 0.643. The van der Waals surface area contributed by atoms with Gasteiger partial charge in [0.1, 0.15) is 0 Å². The average Bonchev–Trinajstić information content (AvgIpc) is 3.15. The molecule has 3 rings (SSSR count). The molecule has 0 aliphatic rings. The highest BCUT2D eigenvalue weighted by atomic mass is 35.5. The number of hydrazine groups is 1. The summed E-state index contributed by atoms with van der Waals surface area (Å²) in [5.74, 6) is 6.02. The summed E-state index contributed by atoms with van der Waals surface area (Å²) in [4.78, 5) is 3.97. The highest BCUT2D eigenvalue weighted by molar-refractivity contribution is 6.30. The van der Waals surface area contributed by atoms with Gasteiger partial charge < -0.3 is 0 Å². The number of hydrogen-bond acceptors (Lipinski definition) is 4. The van der Waals surface area contributed by atoms with E-state index in [-0.39, 0.29) is 0 Å². The quantitative estimate of drug-likeness (QED) is 0.401. The van der Waals surface area contributed by atoms with Crippen molar-refractivity contribution in [2.24, 2.45) is 5.84 Å². The van der Waals surface area contributed by atoms with Crippen molar-refractivity contribution in [1.82, 2.24) is 14.8 Å². The predicted molar refractivity (Wildman–Crippen MR) is 107 cm³/mol. The topological polar surface area (TPSA) is 60.0 Å². The molecular weight excluding hydrogens is 346 g/mol. The van der Waals surface area contributed by atoms with Crippen molar-refractivity contribution in [3.8, 4) is 5.69 Å². The number of rotatable bonds is 6. The first-order valence-electron chi connectivity index (χ1n) is 7.87.